The zero-order chi connectivity index (χ0) is 14.0. The van der Waals surface area contributed by atoms with E-state index in [1.807, 2.05) is 0 Å². The second-order valence-electron chi connectivity index (χ2n) is 5.10. The van der Waals surface area contributed by atoms with Crippen LogP contribution in [0.5, 0.6) is 0 Å². The van der Waals surface area contributed by atoms with Gasteiger partial charge in [0.05, 0.1) is 16.2 Å². The SMILES string of the molecule is CCCCCCC(CCCCC(C)O)S(=O)(=O)[O-].[Na+]. The van der Waals surface area contributed by atoms with Crippen LogP contribution in [0.15, 0.2) is 0 Å². The van der Waals surface area contributed by atoms with E-state index in [4.69, 9.17) is 5.11 Å². The van der Waals surface area contributed by atoms with Crippen LogP contribution in [0.4, 0.5) is 0 Å². The first kappa shape index (κ1) is 22.2. The maximum Gasteiger partial charge on any atom is 1.00 e. The van der Waals surface area contributed by atoms with Crippen LogP contribution in [-0.4, -0.2) is 29.4 Å². The van der Waals surface area contributed by atoms with Crippen molar-refractivity contribution in [2.75, 3.05) is 0 Å². The number of rotatable bonds is 11. The Morgan fingerprint density at radius 2 is 1.47 bits per heavy atom. The Morgan fingerprint density at radius 3 is 1.89 bits per heavy atom. The van der Waals surface area contributed by atoms with Gasteiger partial charge in [0, 0.05) is 5.25 Å². The normalized spacial score (nSPS) is 14.7. The molecule has 19 heavy (non-hydrogen) atoms. The van der Waals surface area contributed by atoms with Crippen LogP contribution >= 0.6 is 0 Å². The molecular weight excluding hydrogens is 275 g/mol. The Morgan fingerprint density at radius 1 is 1.00 bits per heavy atom. The van der Waals surface area contributed by atoms with E-state index < -0.39 is 15.4 Å². The van der Waals surface area contributed by atoms with Gasteiger partial charge in [-0.2, -0.15) is 0 Å². The fourth-order valence-electron chi connectivity index (χ4n) is 2.04. The molecule has 0 fully saturated rings. The second kappa shape index (κ2) is 12.6. The summed E-state index contributed by atoms with van der Waals surface area (Å²) in [6, 6.07) is 0. The Labute approximate surface area is 140 Å². The molecule has 0 radical (unpaired) electrons. The van der Waals surface area contributed by atoms with Gasteiger partial charge in [-0.3, -0.25) is 0 Å². The number of unbranched alkanes of at least 4 members (excludes halogenated alkanes) is 4. The van der Waals surface area contributed by atoms with Crippen molar-refractivity contribution in [1.29, 1.82) is 0 Å². The predicted octanol–water partition coefficient (Wildman–Crippen LogP) is -0.184. The van der Waals surface area contributed by atoms with Crippen molar-refractivity contribution < 1.29 is 47.6 Å². The molecule has 0 rings (SSSR count). The van der Waals surface area contributed by atoms with E-state index in [0.717, 1.165) is 32.1 Å². The van der Waals surface area contributed by atoms with Crippen LogP contribution in [0, 0.1) is 0 Å². The number of aliphatic hydroxyl groups is 1. The Balaban J connectivity index is 0. The average Bonchev–Trinajstić information content (AvgIpc) is 2.24. The molecule has 0 saturated carbocycles. The van der Waals surface area contributed by atoms with E-state index in [9.17, 15) is 13.0 Å². The molecule has 0 bridgehead atoms. The fraction of sp³-hybridized carbons (Fsp3) is 1.00. The van der Waals surface area contributed by atoms with Gasteiger partial charge in [-0.05, 0) is 26.2 Å². The minimum Gasteiger partial charge on any atom is -0.748 e. The number of hydrogen-bond acceptors (Lipinski definition) is 4. The third kappa shape index (κ3) is 13.6. The van der Waals surface area contributed by atoms with E-state index in [1.165, 1.54) is 0 Å². The summed E-state index contributed by atoms with van der Waals surface area (Å²) in [6.45, 7) is 3.81. The molecule has 110 valence electrons. The van der Waals surface area contributed by atoms with Crippen molar-refractivity contribution in [3.05, 3.63) is 0 Å². The van der Waals surface area contributed by atoms with Crippen LogP contribution in [-0.2, 0) is 10.1 Å². The van der Waals surface area contributed by atoms with Crippen molar-refractivity contribution in [1.82, 2.24) is 0 Å². The molecule has 1 N–H and O–H groups in total. The van der Waals surface area contributed by atoms with Gasteiger partial charge in [0.2, 0.25) is 0 Å². The molecule has 0 amide bonds. The summed E-state index contributed by atoms with van der Waals surface area (Å²) in [7, 11) is -4.17. The van der Waals surface area contributed by atoms with Gasteiger partial charge in [-0.1, -0.05) is 45.4 Å². The minimum absolute atomic E-state index is 0. The molecule has 2 unspecified atom stereocenters. The van der Waals surface area contributed by atoms with Gasteiger partial charge in [-0.15, -0.1) is 0 Å². The standard InChI is InChI=1S/C13H28O4S.Na/c1-3-4-5-6-10-13(18(15,16)17)11-8-7-9-12(2)14;/h12-14H,3-11H2,1-2H3,(H,15,16,17);/q;+1/p-1. The monoisotopic (exact) mass is 302 g/mol. The van der Waals surface area contributed by atoms with Gasteiger partial charge >= 0.3 is 29.6 Å². The Bertz CT molecular complexity index is 291. The van der Waals surface area contributed by atoms with E-state index >= 15 is 0 Å². The topological polar surface area (TPSA) is 77.4 Å². The molecule has 0 spiro atoms. The van der Waals surface area contributed by atoms with Gasteiger partial charge < -0.3 is 9.66 Å². The summed E-state index contributed by atoms with van der Waals surface area (Å²) in [5, 5.41) is 8.36. The van der Waals surface area contributed by atoms with Crippen molar-refractivity contribution in [2.24, 2.45) is 0 Å². The number of hydrogen-bond donors (Lipinski definition) is 1. The predicted molar refractivity (Wildman–Crippen MR) is 72.4 cm³/mol. The van der Waals surface area contributed by atoms with Crippen LogP contribution in [0.3, 0.4) is 0 Å². The molecule has 6 heteroatoms. The van der Waals surface area contributed by atoms with E-state index in [1.54, 1.807) is 6.92 Å². The number of aliphatic hydroxyl groups excluding tert-OH is 1. The molecular formula is C13H27NaO4S. The molecule has 0 saturated heterocycles. The molecule has 0 aromatic heterocycles. The van der Waals surface area contributed by atoms with E-state index in [-0.39, 0.29) is 35.7 Å². The zero-order valence-electron chi connectivity index (χ0n) is 12.6. The maximum absolute atomic E-state index is 11.1. The van der Waals surface area contributed by atoms with Gasteiger partial charge in [-0.25, -0.2) is 8.42 Å². The van der Waals surface area contributed by atoms with Crippen LogP contribution < -0.4 is 29.6 Å². The molecule has 2 atom stereocenters. The van der Waals surface area contributed by atoms with Crippen molar-refractivity contribution >= 4 is 10.1 Å². The largest absolute Gasteiger partial charge is 1.00 e. The summed E-state index contributed by atoms with van der Waals surface area (Å²) in [5.74, 6) is 0. The summed E-state index contributed by atoms with van der Waals surface area (Å²) >= 11 is 0. The zero-order valence-corrected chi connectivity index (χ0v) is 15.4. The average molecular weight is 302 g/mol. The summed E-state index contributed by atoms with van der Waals surface area (Å²) in [4.78, 5) is 0. The third-order valence-corrected chi connectivity index (χ3v) is 4.47. The molecule has 0 aromatic carbocycles. The fourth-order valence-corrected chi connectivity index (χ4v) is 2.95. The van der Waals surface area contributed by atoms with Crippen LogP contribution in [0.25, 0.3) is 0 Å². The molecule has 0 aromatic rings. The van der Waals surface area contributed by atoms with Crippen LogP contribution in [0.1, 0.15) is 71.6 Å². The quantitative estimate of drug-likeness (QED) is 0.326. The minimum atomic E-state index is -4.17. The molecule has 0 aliphatic heterocycles. The maximum atomic E-state index is 11.1. The van der Waals surface area contributed by atoms with Gasteiger partial charge in [0.15, 0.2) is 0 Å². The van der Waals surface area contributed by atoms with Gasteiger partial charge in [0.1, 0.15) is 0 Å². The van der Waals surface area contributed by atoms with Gasteiger partial charge in [0.25, 0.3) is 0 Å². The first-order valence-electron chi connectivity index (χ1n) is 7.00. The van der Waals surface area contributed by atoms with E-state index in [0.29, 0.717) is 25.7 Å². The van der Waals surface area contributed by atoms with Crippen molar-refractivity contribution in [3.8, 4) is 0 Å². The smallest absolute Gasteiger partial charge is 0.748 e. The molecule has 0 aliphatic rings. The van der Waals surface area contributed by atoms with Crippen LogP contribution in [0.2, 0.25) is 0 Å². The van der Waals surface area contributed by atoms with Crippen molar-refractivity contribution in [3.63, 3.8) is 0 Å². The first-order valence-corrected chi connectivity index (χ1v) is 8.47. The second-order valence-corrected chi connectivity index (χ2v) is 6.75. The first-order chi connectivity index (χ1) is 8.38. The summed E-state index contributed by atoms with van der Waals surface area (Å²) in [5.41, 5.74) is 0. The Hall–Kier alpha value is 0.870. The molecule has 0 aliphatic carbocycles. The summed E-state index contributed by atoms with van der Waals surface area (Å²) in [6.07, 6.45) is 6.72. The third-order valence-electron chi connectivity index (χ3n) is 3.19. The Kier molecular flexibility index (Phi) is 14.7. The van der Waals surface area contributed by atoms with E-state index in [2.05, 4.69) is 6.92 Å². The molecule has 4 nitrogen and oxygen atoms in total. The van der Waals surface area contributed by atoms with Crippen molar-refractivity contribution in [2.45, 2.75) is 83.0 Å². The summed E-state index contributed by atoms with van der Waals surface area (Å²) < 4.78 is 33.4. The molecule has 0 heterocycles.